The average molecular weight is 353 g/mol. The molecule has 1 aromatic heterocycles. The minimum Gasteiger partial charge on any atom is -0.485 e. The second-order valence-corrected chi connectivity index (χ2v) is 6.35. The van der Waals surface area contributed by atoms with Gasteiger partial charge in [-0.2, -0.15) is 5.26 Å². The van der Waals surface area contributed by atoms with Crippen LogP contribution in [0.5, 0.6) is 5.75 Å². The summed E-state index contributed by atoms with van der Waals surface area (Å²) in [5.41, 5.74) is 2.50. The third-order valence-corrected chi connectivity index (χ3v) is 4.48. The number of benzene rings is 2. The van der Waals surface area contributed by atoms with Gasteiger partial charge >= 0.3 is 0 Å². The first-order valence-electron chi connectivity index (χ1n) is 7.87. The van der Waals surface area contributed by atoms with E-state index in [0.29, 0.717) is 16.5 Å². The lowest BCUT2D eigenvalue weighted by Crippen LogP contribution is -2.21. The summed E-state index contributed by atoms with van der Waals surface area (Å²) in [7, 11) is 1.86. The SMILES string of the molecule is Cc1cc(Cl)ccc1OCC(=O)C(C#N)c1cc2ccccc2n1C. The zero-order chi connectivity index (χ0) is 18.0. The largest absolute Gasteiger partial charge is 0.485 e. The van der Waals surface area contributed by atoms with Crippen LogP contribution in [0.3, 0.4) is 0 Å². The average Bonchev–Trinajstić information content (AvgIpc) is 2.92. The van der Waals surface area contributed by atoms with E-state index in [1.165, 1.54) is 0 Å². The van der Waals surface area contributed by atoms with Crippen molar-refractivity contribution < 1.29 is 9.53 Å². The van der Waals surface area contributed by atoms with Gasteiger partial charge in [-0.05, 0) is 48.2 Å². The number of aryl methyl sites for hydroxylation is 2. The van der Waals surface area contributed by atoms with Gasteiger partial charge in [0.15, 0.2) is 5.78 Å². The lowest BCUT2D eigenvalue weighted by Gasteiger charge is -2.12. The molecule has 126 valence electrons. The van der Waals surface area contributed by atoms with Gasteiger partial charge in [0, 0.05) is 23.3 Å². The standard InChI is InChI=1S/C20H17ClN2O2/c1-13-9-15(21)7-8-20(13)25-12-19(24)16(11-22)18-10-14-5-3-4-6-17(14)23(18)2/h3-10,16H,12H2,1-2H3. The summed E-state index contributed by atoms with van der Waals surface area (Å²) < 4.78 is 7.49. The highest BCUT2D eigenvalue weighted by Gasteiger charge is 2.24. The zero-order valence-corrected chi connectivity index (χ0v) is 14.7. The number of para-hydroxylation sites is 1. The molecule has 2 aromatic carbocycles. The molecule has 0 saturated carbocycles. The molecule has 0 N–H and O–H groups in total. The van der Waals surface area contributed by atoms with Crippen LogP contribution in [0.15, 0.2) is 48.5 Å². The number of rotatable bonds is 5. The summed E-state index contributed by atoms with van der Waals surface area (Å²) in [6.07, 6.45) is 0. The van der Waals surface area contributed by atoms with Crippen molar-refractivity contribution in [2.24, 2.45) is 7.05 Å². The Labute approximate surface area is 151 Å². The molecule has 1 unspecified atom stereocenters. The molecule has 0 spiro atoms. The third-order valence-electron chi connectivity index (χ3n) is 4.24. The lowest BCUT2D eigenvalue weighted by molar-refractivity contribution is -0.121. The van der Waals surface area contributed by atoms with E-state index in [-0.39, 0.29) is 12.4 Å². The highest BCUT2D eigenvalue weighted by Crippen LogP contribution is 2.26. The van der Waals surface area contributed by atoms with Crippen molar-refractivity contribution in [3.63, 3.8) is 0 Å². The van der Waals surface area contributed by atoms with Crippen molar-refractivity contribution in [3.8, 4) is 11.8 Å². The summed E-state index contributed by atoms with van der Waals surface area (Å²) in [6, 6.07) is 17.0. The van der Waals surface area contributed by atoms with Gasteiger partial charge in [0.05, 0.1) is 6.07 Å². The quantitative estimate of drug-likeness (QED) is 0.684. The molecule has 0 amide bonds. The number of carbonyl (C=O) groups is 1. The minimum atomic E-state index is -0.870. The molecule has 0 aliphatic rings. The maximum atomic E-state index is 12.6. The number of Topliss-reactive ketones (excluding diaryl/α,β-unsaturated/α-hetero) is 1. The number of halogens is 1. The first-order valence-corrected chi connectivity index (χ1v) is 8.24. The number of fused-ring (bicyclic) bond motifs is 1. The first-order chi connectivity index (χ1) is 12.0. The van der Waals surface area contributed by atoms with E-state index in [1.807, 2.05) is 48.9 Å². The Kier molecular flexibility index (Phi) is 4.78. The first kappa shape index (κ1) is 17.1. The van der Waals surface area contributed by atoms with Crippen LogP contribution in [0, 0.1) is 18.3 Å². The van der Waals surface area contributed by atoms with Crippen LogP contribution in [0.4, 0.5) is 0 Å². The van der Waals surface area contributed by atoms with Crippen molar-refractivity contribution in [2.75, 3.05) is 6.61 Å². The third kappa shape index (κ3) is 3.38. The normalized spacial score (nSPS) is 11.9. The van der Waals surface area contributed by atoms with Crippen LogP contribution in [-0.4, -0.2) is 17.0 Å². The molecule has 0 aliphatic heterocycles. The summed E-state index contributed by atoms with van der Waals surface area (Å²) in [5, 5.41) is 11.1. The summed E-state index contributed by atoms with van der Waals surface area (Å²) in [4.78, 5) is 12.6. The van der Waals surface area contributed by atoms with Crippen LogP contribution >= 0.6 is 11.6 Å². The summed E-state index contributed by atoms with van der Waals surface area (Å²) >= 11 is 5.92. The topological polar surface area (TPSA) is 55.0 Å². The van der Waals surface area contributed by atoms with Gasteiger partial charge < -0.3 is 9.30 Å². The van der Waals surface area contributed by atoms with Gasteiger partial charge in [-0.3, -0.25) is 4.79 Å². The number of ketones is 1. The molecule has 1 heterocycles. The molecule has 0 bridgehead atoms. The maximum Gasteiger partial charge on any atom is 0.193 e. The number of nitrogens with zero attached hydrogens (tertiary/aromatic N) is 2. The Morgan fingerprint density at radius 1 is 1.28 bits per heavy atom. The Balaban J connectivity index is 1.81. The molecule has 5 heteroatoms. The molecule has 3 aromatic rings. The molecule has 1 atom stereocenters. The molecule has 3 rings (SSSR count). The second-order valence-electron chi connectivity index (χ2n) is 5.91. The van der Waals surface area contributed by atoms with Gasteiger partial charge in [0.1, 0.15) is 18.3 Å². The second kappa shape index (κ2) is 7.00. The molecule has 4 nitrogen and oxygen atoms in total. The van der Waals surface area contributed by atoms with E-state index in [0.717, 1.165) is 16.5 Å². The van der Waals surface area contributed by atoms with E-state index < -0.39 is 5.92 Å². The maximum absolute atomic E-state index is 12.6. The van der Waals surface area contributed by atoms with E-state index in [2.05, 4.69) is 6.07 Å². The highest BCUT2D eigenvalue weighted by molar-refractivity contribution is 6.30. The number of aromatic nitrogens is 1. The number of ether oxygens (including phenoxy) is 1. The van der Waals surface area contributed by atoms with Crippen molar-refractivity contribution in [2.45, 2.75) is 12.8 Å². The fourth-order valence-corrected chi connectivity index (χ4v) is 3.12. The van der Waals surface area contributed by atoms with Crippen LogP contribution in [0.2, 0.25) is 5.02 Å². The molecule has 0 saturated heterocycles. The van der Waals surface area contributed by atoms with Crippen LogP contribution in [-0.2, 0) is 11.8 Å². The van der Waals surface area contributed by atoms with E-state index in [9.17, 15) is 10.1 Å². The number of carbonyl (C=O) groups excluding carboxylic acids is 1. The zero-order valence-electron chi connectivity index (χ0n) is 14.0. The van der Waals surface area contributed by atoms with Crippen molar-refractivity contribution >= 4 is 28.3 Å². The molecule has 0 fully saturated rings. The Hall–Kier alpha value is -2.77. The Morgan fingerprint density at radius 3 is 2.72 bits per heavy atom. The smallest absolute Gasteiger partial charge is 0.193 e. The molecular formula is C20H17ClN2O2. The molecule has 0 radical (unpaired) electrons. The predicted octanol–water partition coefficient (Wildman–Crippen LogP) is 4.40. The fourth-order valence-electron chi connectivity index (χ4n) is 2.90. The highest BCUT2D eigenvalue weighted by atomic mass is 35.5. The number of hydrogen-bond acceptors (Lipinski definition) is 3. The number of nitriles is 1. The molecule has 25 heavy (non-hydrogen) atoms. The number of hydrogen-bond donors (Lipinski definition) is 0. The van der Waals surface area contributed by atoms with Gasteiger partial charge in [0.2, 0.25) is 0 Å². The monoisotopic (exact) mass is 352 g/mol. The van der Waals surface area contributed by atoms with E-state index >= 15 is 0 Å². The van der Waals surface area contributed by atoms with Gasteiger partial charge in [-0.15, -0.1) is 0 Å². The van der Waals surface area contributed by atoms with E-state index in [1.54, 1.807) is 18.2 Å². The molecular weight excluding hydrogens is 336 g/mol. The predicted molar refractivity (Wildman–Crippen MR) is 98.0 cm³/mol. The van der Waals surface area contributed by atoms with Gasteiger partial charge in [0.25, 0.3) is 0 Å². The Bertz CT molecular complexity index is 985. The minimum absolute atomic E-state index is 0.164. The van der Waals surface area contributed by atoms with Gasteiger partial charge in [-0.1, -0.05) is 29.8 Å². The lowest BCUT2D eigenvalue weighted by atomic mass is 10.0. The van der Waals surface area contributed by atoms with Gasteiger partial charge in [-0.25, -0.2) is 0 Å². The van der Waals surface area contributed by atoms with Crippen LogP contribution in [0.25, 0.3) is 10.9 Å². The van der Waals surface area contributed by atoms with Crippen molar-refractivity contribution in [1.82, 2.24) is 4.57 Å². The van der Waals surface area contributed by atoms with E-state index in [4.69, 9.17) is 16.3 Å². The van der Waals surface area contributed by atoms with Crippen molar-refractivity contribution in [3.05, 3.63) is 64.8 Å². The summed E-state index contributed by atoms with van der Waals surface area (Å²) in [6.45, 7) is 1.69. The van der Waals surface area contributed by atoms with Crippen molar-refractivity contribution in [1.29, 1.82) is 5.26 Å². The Morgan fingerprint density at radius 2 is 2.04 bits per heavy atom. The van der Waals surface area contributed by atoms with Crippen LogP contribution < -0.4 is 4.74 Å². The van der Waals surface area contributed by atoms with Crippen LogP contribution in [0.1, 0.15) is 17.2 Å². The molecule has 0 aliphatic carbocycles. The fraction of sp³-hybridized carbons (Fsp3) is 0.200. The summed E-state index contributed by atoms with van der Waals surface area (Å²) in [5.74, 6) is -0.556.